The largest absolute Gasteiger partial charge is 0.379 e. The van der Waals surface area contributed by atoms with E-state index in [1.54, 1.807) is 49.1 Å². The molecule has 4 heterocycles. The van der Waals surface area contributed by atoms with Crippen molar-refractivity contribution in [1.29, 1.82) is 0 Å². The smallest absolute Gasteiger partial charge is 0.275 e. The molecule has 5 rings (SSSR count). The number of nitrogens with zero attached hydrogens (tertiary/aromatic N) is 6. The van der Waals surface area contributed by atoms with Gasteiger partial charge in [-0.1, -0.05) is 11.2 Å². The monoisotopic (exact) mass is 449 g/mol. The summed E-state index contributed by atoms with van der Waals surface area (Å²) in [5.74, 6) is 0.878. The third-order valence-corrected chi connectivity index (χ3v) is 5.75. The Kier molecular flexibility index (Phi) is 5.06. The number of aromatic nitrogens is 5. The van der Waals surface area contributed by atoms with Crippen molar-refractivity contribution in [3.63, 3.8) is 0 Å². The number of anilines is 1. The lowest BCUT2D eigenvalue weighted by Crippen LogP contribution is -2.41. The van der Waals surface area contributed by atoms with E-state index in [4.69, 9.17) is 15.0 Å². The fourth-order valence-electron chi connectivity index (χ4n) is 3.89. The zero-order chi connectivity index (χ0) is 23.2. The number of ether oxygens (including phenoxy) is 1. The second-order valence-corrected chi connectivity index (χ2v) is 8.06. The molecule has 0 saturated carbocycles. The quantitative estimate of drug-likeness (QED) is 0.472. The molecule has 1 aromatic carbocycles. The summed E-state index contributed by atoms with van der Waals surface area (Å²) >= 11 is 0. The summed E-state index contributed by atoms with van der Waals surface area (Å²) in [5.41, 5.74) is 6.16. The van der Waals surface area contributed by atoms with Crippen molar-refractivity contribution in [2.45, 2.75) is 19.4 Å². The maximum absolute atomic E-state index is 13.3. The highest BCUT2D eigenvalue weighted by Crippen LogP contribution is 2.33. The number of rotatable bonds is 4. The van der Waals surface area contributed by atoms with Crippen LogP contribution in [-0.4, -0.2) is 67.1 Å². The van der Waals surface area contributed by atoms with E-state index in [1.165, 1.54) is 10.9 Å². The zero-order valence-corrected chi connectivity index (χ0v) is 18.2. The van der Waals surface area contributed by atoms with E-state index in [2.05, 4.69) is 20.2 Å². The summed E-state index contributed by atoms with van der Waals surface area (Å²) in [4.78, 5) is 23.2. The summed E-state index contributed by atoms with van der Waals surface area (Å²) in [6, 6.07) is 8.62. The van der Waals surface area contributed by atoms with Gasteiger partial charge in [0.1, 0.15) is 17.1 Å². The topological polar surface area (TPSA) is 145 Å². The molecule has 0 unspecified atom stereocenters. The van der Waals surface area contributed by atoms with Gasteiger partial charge >= 0.3 is 0 Å². The van der Waals surface area contributed by atoms with E-state index in [-0.39, 0.29) is 17.5 Å². The number of morpholine rings is 1. The Morgan fingerprint density at radius 2 is 2.00 bits per heavy atom. The fourth-order valence-corrected chi connectivity index (χ4v) is 3.89. The molecule has 0 bridgehead atoms. The van der Waals surface area contributed by atoms with Crippen LogP contribution in [0.15, 0.2) is 41.1 Å². The predicted octanol–water partition coefficient (Wildman–Crippen LogP) is 1.42. The van der Waals surface area contributed by atoms with Crippen LogP contribution in [0.5, 0.6) is 0 Å². The first-order valence-electron chi connectivity index (χ1n) is 10.5. The van der Waals surface area contributed by atoms with Crippen LogP contribution in [0.4, 0.5) is 5.95 Å². The number of carbonyl (C=O) groups is 1. The van der Waals surface area contributed by atoms with Crippen molar-refractivity contribution in [3.05, 3.63) is 59.2 Å². The van der Waals surface area contributed by atoms with Crippen molar-refractivity contribution in [2.24, 2.45) is 0 Å². The van der Waals surface area contributed by atoms with Crippen molar-refractivity contribution < 1.29 is 19.2 Å². The number of hydrogen-bond donors (Lipinski definition) is 2. The molecule has 170 valence electrons. The van der Waals surface area contributed by atoms with Crippen LogP contribution in [0.25, 0.3) is 16.7 Å². The van der Waals surface area contributed by atoms with E-state index in [0.717, 1.165) is 0 Å². The summed E-state index contributed by atoms with van der Waals surface area (Å²) < 4.78 is 12.1. The van der Waals surface area contributed by atoms with Gasteiger partial charge in [0.2, 0.25) is 5.95 Å². The average molecular weight is 449 g/mol. The standard InChI is InChI=1S/C22H23N7O4/c1-13-11-17(27-33-13)22(2,31)14-3-4-15-16(12-14)29(18-5-6-24-21(23)25-18)26-19(15)20(30)28-7-9-32-10-8-28/h3-6,11-12,31H,7-10H2,1-2H3,(H2,23,24,25)/t22-/m0/s1. The summed E-state index contributed by atoms with van der Waals surface area (Å²) in [7, 11) is 0. The third-order valence-electron chi connectivity index (χ3n) is 5.75. The first-order chi connectivity index (χ1) is 15.8. The number of nitrogen functional groups attached to an aromatic ring is 1. The van der Waals surface area contributed by atoms with Gasteiger partial charge < -0.3 is 25.0 Å². The minimum Gasteiger partial charge on any atom is -0.379 e. The summed E-state index contributed by atoms with van der Waals surface area (Å²) in [6.45, 7) is 5.34. The first kappa shape index (κ1) is 21.0. The molecule has 1 saturated heterocycles. The zero-order valence-electron chi connectivity index (χ0n) is 18.2. The highest BCUT2D eigenvalue weighted by atomic mass is 16.5. The van der Waals surface area contributed by atoms with Gasteiger partial charge in [-0.3, -0.25) is 4.79 Å². The van der Waals surface area contributed by atoms with E-state index >= 15 is 0 Å². The second-order valence-electron chi connectivity index (χ2n) is 8.06. The molecule has 0 spiro atoms. The van der Waals surface area contributed by atoms with E-state index in [0.29, 0.717) is 60.0 Å². The minimum absolute atomic E-state index is 0.0819. The average Bonchev–Trinajstić information content (AvgIpc) is 3.43. The summed E-state index contributed by atoms with van der Waals surface area (Å²) in [6.07, 6.45) is 1.52. The van der Waals surface area contributed by atoms with Crippen LogP contribution in [0, 0.1) is 6.92 Å². The summed E-state index contributed by atoms with van der Waals surface area (Å²) in [5, 5.41) is 20.5. The third kappa shape index (κ3) is 3.70. The molecule has 0 aliphatic carbocycles. The number of aryl methyl sites for hydroxylation is 1. The maximum atomic E-state index is 13.3. The van der Waals surface area contributed by atoms with Crippen LogP contribution >= 0.6 is 0 Å². The first-order valence-corrected chi connectivity index (χ1v) is 10.5. The Bertz CT molecular complexity index is 1340. The van der Waals surface area contributed by atoms with E-state index in [1.807, 2.05) is 0 Å². The molecule has 33 heavy (non-hydrogen) atoms. The molecular formula is C22H23N7O4. The van der Waals surface area contributed by atoms with Crippen molar-refractivity contribution in [1.82, 2.24) is 29.8 Å². The van der Waals surface area contributed by atoms with Gasteiger partial charge in [0, 0.05) is 36.8 Å². The predicted molar refractivity (Wildman–Crippen MR) is 118 cm³/mol. The number of aliphatic hydroxyl groups is 1. The molecule has 11 heteroatoms. The Morgan fingerprint density at radius 3 is 2.70 bits per heavy atom. The Balaban J connectivity index is 1.67. The highest BCUT2D eigenvalue weighted by Gasteiger charge is 2.31. The lowest BCUT2D eigenvalue weighted by molar-refractivity contribution is 0.0300. The lowest BCUT2D eigenvalue weighted by atomic mass is 9.91. The number of nitrogens with two attached hydrogens (primary N) is 1. The van der Waals surface area contributed by atoms with Crippen LogP contribution < -0.4 is 5.73 Å². The maximum Gasteiger partial charge on any atom is 0.275 e. The van der Waals surface area contributed by atoms with Gasteiger partial charge in [0.15, 0.2) is 11.5 Å². The minimum atomic E-state index is -1.43. The molecule has 1 fully saturated rings. The molecule has 1 amide bonds. The van der Waals surface area contributed by atoms with E-state index < -0.39 is 5.60 Å². The van der Waals surface area contributed by atoms with Crippen LogP contribution in [0.3, 0.4) is 0 Å². The molecule has 3 N–H and O–H groups in total. The molecule has 4 aromatic rings. The molecule has 3 aromatic heterocycles. The fraction of sp³-hybridized carbons (Fsp3) is 0.318. The van der Waals surface area contributed by atoms with Gasteiger partial charge in [-0.15, -0.1) is 0 Å². The van der Waals surface area contributed by atoms with Gasteiger partial charge in [0.25, 0.3) is 5.91 Å². The normalized spacial score (nSPS) is 16.2. The number of amides is 1. The van der Waals surface area contributed by atoms with Gasteiger partial charge in [-0.25, -0.2) is 9.67 Å². The van der Waals surface area contributed by atoms with Crippen LogP contribution in [0.1, 0.15) is 34.4 Å². The second kappa shape index (κ2) is 7.94. The van der Waals surface area contributed by atoms with Crippen LogP contribution in [0.2, 0.25) is 0 Å². The number of hydrogen-bond acceptors (Lipinski definition) is 9. The van der Waals surface area contributed by atoms with Gasteiger partial charge in [-0.05, 0) is 31.5 Å². The molecule has 0 radical (unpaired) electrons. The number of fused-ring (bicyclic) bond motifs is 1. The highest BCUT2D eigenvalue weighted by molar-refractivity contribution is 6.05. The van der Waals surface area contributed by atoms with E-state index in [9.17, 15) is 9.90 Å². The lowest BCUT2D eigenvalue weighted by Gasteiger charge is -2.26. The molecule has 1 atom stereocenters. The number of benzene rings is 1. The SMILES string of the molecule is Cc1cc([C@@](C)(O)c2ccc3c(C(=O)N4CCOCC4)nn(-c4ccnc(N)n4)c3c2)no1. The van der Waals surface area contributed by atoms with Crippen molar-refractivity contribution in [2.75, 3.05) is 32.0 Å². The molecule has 1 aliphatic heterocycles. The molecule has 11 nitrogen and oxygen atoms in total. The van der Waals surface area contributed by atoms with Gasteiger partial charge in [0.05, 0.1) is 18.7 Å². The number of carbonyl (C=O) groups excluding carboxylic acids is 1. The molecular weight excluding hydrogens is 426 g/mol. The molecule has 1 aliphatic rings. The van der Waals surface area contributed by atoms with Crippen molar-refractivity contribution >= 4 is 22.8 Å². The Labute approximate surface area is 188 Å². The van der Waals surface area contributed by atoms with Gasteiger partial charge in [-0.2, -0.15) is 10.1 Å². The Morgan fingerprint density at radius 1 is 1.21 bits per heavy atom. The Hall–Kier alpha value is -3.83. The van der Waals surface area contributed by atoms with Crippen LogP contribution in [-0.2, 0) is 10.3 Å². The van der Waals surface area contributed by atoms with Crippen molar-refractivity contribution in [3.8, 4) is 5.82 Å².